The molecule has 10 nitrogen and oxygen atoms in total. The van der Waals surface area contributed by atoms with E-state index in [0.717, 1.165) is 27.4 Å². The van der Waals surface area contributed by atoms with Crippen molar-refractivity contribution < 1.29 is 47.3 Å². The Morgan fingerprint density at radius 2 is 1.45 bits per heavy atom. The van der Waals surface area contributed by atoms with Gasteiger partial charge < -0.3 is 24.3 Å². The molecule has 0 unspecified atom stereocenters. The molecule has 15 heteroatoms. The van der Waals surface area contributed by atoms with Crippen LogP contribution in [0.5, 0.6) is 0 Å². The number of methoxy groups -OCH3 is 3. The highest BCUT2D eigenvalue weighted by atomic mass is 35.5. The summed E-state index contributed by atoms with van der Waals surface area (Å²) in [4.78, 5) is 50.3. The number of amides is 2. The molecule has 1 aromatic heterocycles. The molecule has 0 saturated carbocycles. The molecule has 1 heterocycles. The van der Waals surface area contributed by atoms with Gasteiger partial charge in [0.2, 0.25) is 0 Å². The SMILES string of the molecule is C.COC(=O)c1c(F)c(Cl)cc(C#C[Si](C)(C)C)c1N(C(=O)OC)C(=O)OC.O=C(O)c1c(F)c(Cl)cc2cc[nH]c12. The summed E-state index contributed by atoms with van der Waals surface area (Å²) < 4.78 is 41.7. The summed E-state index contributed by atoms with van der Waals surface area (Å²) in [5, 5.41) is 8.76. The zero-order valence-electron chi connectivity index (χ0n) is 22.6. The predicted molar refractivity (Wildman–Crippen MR) is 157 cm³/mol. The monoisotopic (exact) mass is 644 g/mol. The molecule has 0 fully saturated rings. The molecule has 2 amide bonds. The van der Waals surface area contributed by atoms with Crippen molar-refractivity contribution in [2.75, 3.05) is 26.2 Å². The number of carboxylic acid groups (broad SMARTS) is 1. The van der Waals surface area contributed by atoms with Crippen LogP contribution in [0.1, 0.15) is 33.7 Å². The first kappa shape index (κ1) is 35.9. The van der Waals surface area contributed by atoms with E-state index in [1.165, 1.54) is 12.3 Å². The number of imide groups is 1. The number of aromatic nitrogens is 1. The lowest BCUT2D eigenvalue weighted by Gasteiger charge is -2.22. The molecule has 0 saturated heterocycles. The number of aromatic carboxylic acids is 1. The second-order valence-corrected chi connectivity index (χ2v) is 14.6. The van der Waals surface area contributed by atoms with Gasteiger partial charge in [-0.15, -0.1) is 5.54 Å². The van der Waals surface area contributed by atoms with Gasteiger partial charge in [0.05, 0.1) is 48.1 Å². The normalized spacial score (nSPS) is 10.2. The van der Waals surface area contributed by atoms with E-state index in [1.54, 1.807) is 6.07 Å². The molecule has 0 bridgehead atoms. The summed E-state index contributed by atoms with van der Waals surface area (Å²) in [5.74, 6) is -1.79. The van der Waals surface area contributed by atoms with Gasteiger partial charge in [0, 0.05) is 11.6 Å². The van der Waals surface area contributed by atoms with E-state index in [0.29, 0.717) is 10.3 Å². The van der Waals surface area contributed by atoms with E-state index in [-0.39, 0.29) is 23.5 Å². The average molecular weight is 646 g/mol. The number of anilines is 1. The first-order valence-corrected chi connectivity index (χ1v) is 15.6. The summed E-state index contributed by atoms with van der Waals surface area (Å²) in [6.07, 6.45) is -0.873. The third-order valence-corrected chi connectivity index (χ3v) is 6.47. The first-order chi connectivity index (χ1) is 19.1. The lowest BCUT2D eigenvalue weighted by atomic mass is 10.1. The number of carbonyl (C=O) groups is 4. The van der Waals surface area contributed by atoms with Crippen molar-refractivity contribution >= 4 is 72.0 Å². The van der Waals surface area contributed by atoms with Crippen LogP contribution in [0.2, 0.25) is 29.7 Å². The van der Waals surface area contributed by atoms with Crippen LogP contribution in [0.4, 0.5) is 24.1 Å². The molecule has 0 spiro atoms. The third kappa shape index (κ3) is 8.00. The molecule has 2 N–H and O–H groups in total. The Balaban J connectivity index is 0.000000490. The number of fused-ring (bicyclic) bond motifs is 1. The molecule has 0 aliphatic carbocycles. The van der Waals surface area contributed by atoms with E-state index in [2.05, 4.69) is 30.7 Å². The van der Waals surface area contributed by atoms with Crippen molar-refractivity contribution in [3.8, 4) is 11.5 Å². The van der Waals surface area contributed by atoms with Gasteiger partial charge in [-0.05, 0) is 18.2 Å². The number of halogens is 4. The third-order valence-electron chi connectivity index (χ3n) is 5.05. The number of carboxylic acids is 1. The predicted octanol–water partition coefficient (Wildman–Crippen LogP) is 7.13. The molecular formula is C27H28Cl2F2N2O8Si. The fourth-order valence-electron chi connectivity index (χ4n) is 3.27. The largest absolute Gasteiger partial charge is 0.478 e. The Hall–Kier alpha value is -4.12. The number of benzene rings is 2. The van der Waals surface area contributed by atoms with Gasteiger partial charge >= 0.3 is 24.1 Å². The van der Waals surface area contributed by atoms with Crippen LogP contribution in [0.15, 0.2) is 24.4 Å². The average Bonchev–Trinajstić information content (AvgIpc) is 3.36. The van der Waals surface area contributed by atoms with Crippen molar-refractivity contribution in [2.24, 2.45) is 0 Å². The minimum atomic E-state index is -1.92. The Kier molecular flexibility index (Phi) is 12.5. The van der Waals surface area contributed by atoms with E-state index in [1.807, 2.05) is 19.6 Å². The maximum Gasteiger partial charge on any atom is 0.423 e. The highest BCUT2D eigenvalue weighted by Crippen LogP contribution is 2.34. The zero-order valence-corrected chi connectivity index (χ0v) is 25.1. The number of rotatable bonds is 3. The quantitative estimate of drug-likeness (QED) is 0.133. The van der Waals surface area contributed by atoms with Crippen LogP contribution in [0, 0.1) is 23.1 Å². The smallest absolute Gasteiger partial charge is 0.423 e. The second-order valence-electron chi connectivity index (χ2n) is 9.01. The topological polar surface area (TPSA) is 135 Å². The summed E-state index contributed by atoms with van der Waals surface area (Å²) in [6.45, 7) is 5.85. The van der Waals surface area contributed by atoms with Crippen molar-refractivity contribution in [2.45, 2.75) is 27.1 Å². The summed E-state index contributed by atoms with van der Waals surface area (Å²) in [5.41, 5.74) is 1.61. The fourth-order valence-corrected chi connectivity index (χ4v) is 4.20. The molecule has 42 heavy (non-hydrogen) atoms. The summed E-state index contributed by atoms with van der Waals surface area (Å²) in [7, 11) is 1.12. The number of carbonyl (C=O) groups excluding carboxylic acids is 3. The Bertz CT molecular complexity index is 1580. The van der Waals surface area contributed by atoms with Crippen LogP contribution in [0.25, 0.3) is 10.9 Å². The number of nitrogens with one attached hydrogen (secondary N) is 1. The van der Waals surface area contributed by atoms with Gasteiger partial charge in [0.15, 0.2) is 11.6 Å². The number of esters is 1. The zero-order chi connectivity index (χ0) is 31.2. The molecule has 0 radical (unpaired) electrons. The van der Waals surface area contributed by atoms with Crippen LogP contribution in [0.3, 0.4) is 0 Å². The number of hydrogen-bond acceptors (Lipinski definition) is 7. The number of hydrogen-bond donors (Lipinski definition) is 2. The van der Waals surface area contributed by atoms with Crippen LogP contribution in [-0.4, -0.2) is 63.6 Å². The minimum Gasteiger partial charge on any atom is -0.478 e. The van der Waals surface area contributed by atoms with Crippen LogP contribution >= 0.6 is 23.2 Å². The number of ether oxygens (including phenoxy) is 3. The van der Waals surface area contributed by atoms with E-state index in [9.17, 15) is 28.0 Å². The van der Waals surface area contributed by atoms with Crippen LogP contribution < -0.4 is 4.90 Å². The van der Waals surface area contributed by atoms with Crippen molar-refractivity contribution in [1.29, 1.82) is 0 Å². The summed E-state index contributed by atoms with van der Waals surface area (Å²) in [6, 6.07) is 4.13. The van der Waals surface area contributed by atoms with Gasteiger partial charge in [-0.3, -0.25) is 0 Å². The van der Waals surface area contributed by atoms with Gasteiger partial charge in [-0.25, -0.2) is 28.0 Å². The Morgan fingerprint density at radius 1 is 0.929 bits per heavy atom. The van der Waals surface area contributed by atoms with Gasteiger partial charge in [-0.2, -0.15) is 4.90 Å². The minimum absolute atomic E-state index is 0. The van der Waals surface area contributed by atoms with Crippen molar-refractivity contribution in [1.82, 2.24) is 4.98 Å². The maximum absolute atomic E-state index is 14.6. The van der Waals surface area contributed by atoms with Gasteiger partial charge in [-0.1, -0.05) is 56.2 Å². The molecule has 3 rings (SSSR count). The van der Waals surface area contributed by atoms with Crippen LogP contribution in [-0.2, 0) is 14.2 Å². The fraction of sp³-hybridized carbons (Fsp3) is 0.259. The molecule has 3 aromatic rings. The maximum atomic E-state index is 14.6. The number of aromatic amines is 1. The molecule has 2 aromatic carbocycles. The molecule has 0 atom stereocenters. The second kappa shape index (κ2) is 14.7. The highest BCUT2D eigenvalue weighted by Gasteiger charge is 2.35. The summed E-state index contributed by atoms with van der Waals surface area (Å²) >= 11 is 11.4. The van der Waals surface area contributed by atoms with E-state index in [4.69, 9.17) is 28.3 Å². The molecule has 0 aliphatic heterocycles. The Labute approximate surface area is 251 Å². The van der Waals surface area contributed by atoms with Gasteiger partial charge in [0.25, 0.3) is 0 Å². The number of H-pyrrole nitrogens is 1. The standard InChI is InChI=1S/C17H19ClFNO6Si.C9H5ClFNO2.CH4/c1-24-15(21)12-13(19)11(18)9-10(7-8-27(4,5)6)14(12)20(16(22)25-2)17(23)26-3;10-5-3-4-1-2-12-8(4)6(7(5)11)9(13)14;/h9H,1-6H3;1-3,12H,(H,13,14);1H4. The van der Waals surface area contributed by atoms with Crippen molar-refractivity contribution in [3.63, 3.8) is 0 Å². The molecule has 226 valence electrons. The van der Waals surface area contributed by atoms with E-state index >= 15 is 0 Å². The highest BCUT2D eigenvalue weighted by molar-refractivity contribution is 6.83. The lowest BCUT2D eigenvalue weighted by molar-refractivity contribution is 0.0595. The van der Waals surface area contributed by atoms with Crippen molar-refractivity contribution in [3.05, 3.63) is 62.8 Å². The molecule has 0 aliphatic rings. The Morgan fingerprint density at radius 3 is 1.93 bits per heavy atom. The van der Waals surface area contributed by atoms with E-state index < -0.39 is 65.7 Å². The van der Waals surface area contributed by atoms with Gasteiger partial charge in [0.1, 0.15) is 19.2 Å². The lowest BCUT2D eigenvalue weighted by Crippen LogP contribution is -2.39. The molecular weight excluding hydrogens is 617 g/mol. The number of nitrogens with zero attached hydrogens (tertiary/aromatic N) is 1. The first-order valence-electron chi connectivity index (χ1n) is 11.4.